The number of nitrogens with one attached hydrogen (secondary N) is 1. The molecule has 2 heterocycles. The fourth-order valence-electron chi connectivity index (χ4n) is 3.07. The van der Waals surface area contributed by atoms with Crippen molar-refractivity contribution in [2.24, 2.45) is 0 Å². The van der Waals surface area contributed by atoms with Crippen molar-refractivity contribution in [3.8, 4) is 0 Å². The number of nitrogens with zero attached hydrogens (tertiary/aromatic N) is 2. The molecular formula is C19H21N3O2. The van der Waals surface area contributed by atoms with Crippen LogP contribution in [-0.2, 0) is 29.0 Å². The van der Waals surface area contributed by atoms with Crippen LogP contribution in [0.3, 0.4) is 0 Å². The number of rotatable bonds is 4. The maximum absolute atomic E-state index is 12.6. The summed E-state index contributed by atoms with van der Waals surface area (Å²) < 4.78 is 0. The van der Waals surface area contributed by atoms with Gasteiger partial charge in [-0.05, 0) is 23.3 Å². The molecule has 24 heavy (non-hydrogen) atoms. The van der Waals surface area contributed by atoms with Gasteiger partial charge in [0.25, 0.3) is 0 Å². The van der Waals surface area contributed by atoms with Crippen molar-refractivity contribution < 1.29 is 9.59 Å². The van der Waals surface area contributed by atoms with Crippen LogP contribution >= 0.6 is 0 Å². The Morgan fingerprint density at radius 1 is 1.17 bits per heavy atom. The van der Waals surface area contributed by atoms with E-state index in [-0.39, 0.29) is 11.8 Å². The van der Waals surface area contributed by atoms with E-state index in [0.29, 0.717) is 25.9 Å². The van der Waals surface area contributed by atoms with Gasteiger partial charge in [-0.25, -0.2) is 0 Å². The molecule has 1 aliphatic heterocycles. The molecule has 1 aromatic carbocycles. The molecule has 1 atom stereocenters. The van der Waals surface area contributed by atoms with Crippen molar-refractivity contribution >= 4 is 11.8 Å². The van der Waals surface area contributed by atoms with E-state index in [1.807, 2.05) is 42.5 Å². The van der Waals surface area contributed by atoms with Gasteiger partial charge in [0.15, 0.2) is 0 Å². The largest absolute Gasteiger partial charge is 0.354 e. The first-order chi connectivity index (χ1) is 11.6. The molecule has 0 saturated heterocycles. The molecule has 0 fully saturated rings. The normalized spacial score (nSPS) is 16.4. The average Bonchev–Trinajstić information content (AvgIpc) is 2.61. The Bertz CT molecular complexity index is 730. The lowest BCUT2D eigenvalue weighted by Crippen LogP contribution is -2.52. The summed E-state index contributed by atoms with van der Waals surface area (Å²) in [4.78, 5) is 30.4. The van der Waals surface area contributed by atoms with E-state index in [1.165, 1.54) is 6.92 Å². The zero-order valence-corrected chi connectivity index (χ0v) is 13.7. The van der Waals surface area contributed by atoms with Gasteiger partial charge in [0.1, 0.15) is 6.04 Å². The summed E-state index contributed by atoms with van der Waals surface area (Å²) in [5.74, 6) is -0.176. The highest BCUT2D eigenvalue weighted by Crippen LogP contribution is 2.23. The van der Waals surface area contributed by atoms with Gasteiger partial charge in [-0.3, -0.25) is 14.6 Å². The van der Waals surface area contributed by atoms with E-state index in [9.17, 15) is 9.59 Å². The van der Waals surface area contributed by atoms with Crippen LogP contribution in [0.5, 0.6) is 0 Å². The molecule has 1 aromatic heterocycles. The molecular weight excluding hydrogens is 302 g/mol. The number of fused-ring (bicyclic) bond motifs is 1. The van der Waals surface area contributed by atoms with Crippen molar-refractivity contribution in [2.75, 3.05) is 6.54 Å². The zero-order valence-electron chi connectivity index (χ0n) is 13.7. The summed E-state index contributed by atoms with van der Waals surface area (Å²) >= 11 is 0. The third-order valence-corrected chi connectivity index (χ3v) is 4.36. The number of carbonyl (C=O) groups is 2. The molecule has 0 saturated carbocycles. The molecule has 0 aliphatic carbocycles. The molecule has 5 heteroatoms. The number of pyridine rings is 1. The van der Waals surface area contributed by atoms with Crippen molar-refractivity contribution in [3.05, 3.63) is 65.5 Å². The Kier molecular flexibility index (Phi) is 4.89. The molecule has 1 aliphatic rings. The second-order valence-corrected chi connectivity index (χ2v) is 6.00. The molecule has 2 aromatic rings. The van der Waals surface area contributed by atoms with Crippen LogP contribution in [0.25, 0.3) is 0 Å². The zero-order chi connectivity index (χ0) is 16.9. The number of hydrogen-bond acceptors (Lipinski definition) is 3. The Balaban J connectivity index is 1.65. The van der Waals surface area contributed by atoms with E-state index in [0.717, 1.165) is 16.8 Å². The van der Waals surface area contributed by atoms with Crippen LogP contribution in [0.2, 0.25) is 0 Å². The van der Waals surface area contributed by atoms with E-state index in [1.54, 1.807) is 11.1 Å². The summed E-state index contributed by atoms with van der Waals surface area (Å²) in [6.45, 7) is 2.52. The molecule has 0 bridgehead atoms. The average molecular weight is 323 g/mol. The number of benzene rings is 1. The smallest absolute Gasteiger partial charge is 0.243 e. The van der Waals surface area contributed by atoms with Crippen LogP contribution in [0.15, 0.2) is 48.7 Å². The first kappa shape index (κ1) is 16.2. The summed E-state index contributed by atoms with van der Waals surface area (Å²) in [6, 6.07) is 13.3. The fourth-order valence-corrected chi connectivity index (χ4v) is 3.07. The minimum absolute atomic E-state index is 0.0746. The number of amides is 2. The number of hydrogen-bond donors (Lipinski definition) is 1. The lowest BCUT2D eigenvalue weighted by Gasteiger charge is -2.35. The second-order valence-electron chi connectivity index (χ2n) is 6.00. The third kappa shape index (κ3) is 3.62. The molecule has 2 amide bonds. The van der Waals surface area contributed by atoms with E-state index in [4.69, 9.17) is 0 Å². The topological polar surface area (TPSA) is 62.3 Å². The Hall–Kier alpha value is -2.69. The summed E-state index contributed by atoms with van der Waals surface area (Å²) in [5.41, 5.74) is 3.19. The van der Waals surface area contributed by atoms with Crippen molar-refractivity contribution in [1.29, 1.82) is 0 Å². The summed E-state index contributed by atoms with van der Waals surface area (Å²) in [6.07, 6.45) is 2.98. The van der Waals surface area contributed by atoms with Crippen LogP contribution in [-0.4, -0.2) is 34.3 Å². The van der Waals surface area contributed by atoms with Crippen LogP contribution in [0, 0.1) is 0 Å². The molecule has 1 N–H and O–H groups in total. The predicted molar refractivity (Wildman–Crippen MR) is 91.1 cm³/mol. The number of carbonyl (C=O) groups excluding carboxylic acids is 2. The lowest BCUT2D eigenvalue weighted by molar-refractivity contribution is -0.140. The van der Waals surface area contributed by atoms with Crippen LogP contribution in [0.1, 0.15) is 23.7 Å². The Morgan fingerprint density at radius 2 is 1.92 bits per heavy atom. The maximum atomic E-state index is 12.6. The first-order valence-electron chi connectivity index (χ1n) is 8.17. The van der Waals surface area contributed by atoms with E-state index < -0.39 is 6.04 Å². The van der Waals surface area contributed by atoms with Gasteiger partial charge in [0.05, 0.1) is 0 Å². The molecule has 0 unspecified atom stereocenters. The van der Waals surface area contributed by atoms with E-state index in [2.05, 4.69) is 10.3 Å². The van der Waals surface area contributed by atoms with Crippen molar-refractivity contribution in [1.82, 2.24) is 15.2 Å². The van der Waals surface area contributed by atoms with Gasteiger partial charge in [0.2, 0.25) is 11.8 Å². The van der Waals surface area contributed by atoms with Gasteiger partial charge in [-0.15, -0.1) is 0 Å². The van der Waals surface area contributed by atoms with Gasteiger partial charge < -0.3 is 10.2 Å². The Morgan fingerprint density at radius 3 is 2.62 bits per heavy atom. The van der Waals surface area contributed by atoms with Crippen LogP contribution in [0.4, 0.5) is 0 Å². The SMILES string of the molecule is CC(=O)N1Cc2ccccc2C[C@H]1C(=O)NCCc1ccccn1. The quantitative estimate of drug-likeness (QED) is 0.932. The van der Waals surface area contributed by atoms with Crippen LogP contribution < -0.4 is 5.32 Å². The van der Waals surface area contributed by atoms with Gasteiger partial charge in [-0.2, -0.15) is 0 Å². The molecule has 0 spiro atoms. The predicted octanol–water partition coefficient (Wildman–Crippen LogP) is 1.71. The first-order valence-corrected chi connectivity index (χ1v) is 8.17. The molecule has 0 radical (unpaired) electrons. The highest BCUT2D eigenvalue weighted by Gasteiger charge is 2.32. The Labute approximate surface area is 141 Å². The van der Waals surface area contributed by atoms with Gasteiger partial charge >= 0.3 is 0 Å². The second kappa shape index (κ2) is 7.25. The standard InChI is InChI=1S/C19H21N3O2/c1-14(23)22-13-16-7-3-2-6-15(16)12-18(22)19(24)21-11-9-17-8-4-5-10-20-17/h2-8,10,18H,9,11-13H2,1H3,(H,21,24)/t18-/m0/s1. The minimum atomic E-state index is -0.443. The van der Waals surface area contributed by atoms with Crippen molar-refractivity contribution in [2.45, 2.75) is 32.4 Å². The fraction of sp³-hybridized carbons (Fsp3) is 0.316. The maximum Gasteiger partial charge on any atom is 0.243 e. The molecule has 3 rings (SSSR count). The molecule has 5 nitrogen and oxygen atoms in total. The van der Waals surface area contributed by atoms with E-state index >= 15 is 0 Å². The molecule has 124 valence electrons. The highest BCUT2D eigenvalue weighted by atomic mass is 16.2. The third-order valence-electron chi connectivity index (χ3n) is 4.36. The minimum Gasteiger partial charge on any atom is -0.354 e. The highest BCUT2D eigenvalue weighted by molar-refractivity contribution is 5.87. The van der Waals surface area contributed by atoms with Gasteiger partial charge in [0, 0.05) is 44.7 Å². The van der Waals surface area contributed by atoms with Crippen molar-refractivity contribution in [3.63, 3.8) is 0 Å². The van der Waals surface area contributed by atoms with Gasteiger partial charge in [-0.1, -0.05) is 30.3 Å². The number of aromatic nitrogens is 1. The summed E-state index contributed by atoms with van der Waals surface area (Å²) in [7, 11) is 0. The summed E-state index contributed by atoms with van der Waals surface area (Å²) in [5, 5.41) is 2.94. The lowest BCUT2D eigenvalue weighted by atomic mass is 9.93. The monoisotopic (exact) mass is 323 g/mol.